The molecule has 3 rings (SSSR count). The summed E-state index contributed by atoms with van der Waals surface area (Å²) in [6.07, 6.45) is 7.46. The number of sulfonamides is 1. The molecular weight excluding hydrogens is 362 g/mol. The Balaban J connectivity index is 1.84. The molecule has 0 saturated heterocycles. The highest BCUT2D eigenvalue weighted by atomic mass is 32.2. The van der Waals surface area contributed by atoms with Crippen molar-refractivity contribution >= 4 is 33.4 Å². The Morgan fingerprint density at radius 3 is 2.77 bits per heavy atom. The first-order valence-electron chi connectivity index (χ1n) is 7.68. The summed E-state index contributed by atoms with van der Waals surface area (Å²) in [5.41, 5.74) is -0.902. The molecule has 0 spiro atoms. The number of anilines is 1. The van der Waals surface area contributed by atoms with Gasteiger partial charge in [0.15, 0.2) is 11.4 Å². The van der Waals surface area contributed by atoms with Crippen LogP contribution in [0.3, 0.4) is 0 Å². The van der Waals surface area contributed by atoms with E-state index < -0.39 is 27.4 Å². The van der Waals surface area contributed by atoms with Crippen molar-refractivity contribution in [1.29, 1.82) is 0 Å². The van der Waals surface area contributed by atoms with Crippen LogP contribution in [0.4, 0.5) is 5.69 Å². The molecular formula is C15H17N5O5S. The van der Waals surface area contributed by atoms with E-state index in [1.807, 2.05) is 0 Å². The van der Waals surface area contributed by atoms with Crippen molar-refractivity contribution in [2.75, 3.05) is 17.6 Å². The molecule has 0 aliphatic carbocycles. The standard InChI is InChI=1S/C15H17N5O5S/c1-15(2,14(22)23)20-9-10(8-16-20)17-13(21)11-4-3-5-19-6-7-26(24,25)18-12(11)19/h3-5,8-9H,6-7H2,1-2H3,(H,17,21)(H,22,23). The van der Waals surface area contributed by atoms with Gasteiger partial charge in [0.25, 0.3) is 15.9 Å². The molecule has 11 heteroatoms. The zero-order chi connectivity index (χ0) is 19.1. The number of hydrogen-bond acceptors (Lipinski definition) is 6. The summed E-state index contributed by atoms with van der Waals surface area (Å²) in [6, 6.07) is 0. The summed E-state index contributed by atoms with van der Waals surface area (Å²) in [6.45, 7) is 3.16. The fourth-order valence-corrected chi connectivity index (χ4v) is 3.37. The number of carboxylic acid groups (broad SMARTS) is 1. The number of aliphatic carboxylic acids is 1. The van der Waals surface area contributed by atoms with Crippen LogP contribution in [-0.2, 0) is 25.2 Å². The molecule has 0 bridgehead atoms. The number of amides is 1. The molecule has 0 aromatic carbocycles. The second kappa shape index (κ2) is 6.09. The minimum absolute atomic E-state index is 0.0644. The summed E-state index contributed by atoms with van der Waals surface area (Å²) in [4.78, 5) is 25.4. The van der Waals surface area contributed by atoms with Crippen molar-refractivity contribution in [1.82, 2.24) is 14.7 Å². The number of allylic oxidation sites excluding steroid dienone is 2. The first-order valence-corrected chi connectivity index (χ1v) is 9.29. The lowest BCUT2D eigenvalue weighted by Crippen LogP contribution is -2.40. The maximum atomic E-state index is 12.6. The monoisotopic (exact) mass is 379 g/mol. The van der Waals surface area contributed by atoms with Crippen LogP contribution in [-0.4, -0.2) is 58.2 Å². The number of carboxylic acids is 1. The minimum atomic E-state index is -3.61. The maximum Gasteiger partial charge on any atom is 0.331 e. The normalized spacial score (nSPS) is 18.6. The second-order valence-electron chi connectivity index (χ2n) is 6.31. The first-order chi connectivity index (χ1) is 12.1. The summed E-state index contributed by atoms with van der Waals surface area (Å²) in [7, 11) is -3.61. The van der Waals surface area contributed by atoms with Crippen LogP contribution in [0.2, 0.25) is 0 Å². The molecule has 0 radical (unpaired) electrons. The third kappa shape index (κ3) is 3.25. The first kappa shape index (κ1) is 17.9. The summed E-state index contributed by atoms with van der Waals surface area (Å²) >= 11 is 0. The highest BCUT2D eigenvalue weighted by molar-refractivity contribution is 7.90. The molecule has 1 aromatic rings. The number of carbonyl (C=O) groups is 2. The van der Waals surface area contributed by atoms with E-state index in [0.29, 0.717) is 0 Å². The number of hydrogen-bond donors (Lipinski definition) is 2. The van der Waals surface area contributed by atoms with E-state index in [1.54, 1.807) is 17.2 Å². The number of carbonyl (C=O) groups excluding carboxylic acids is 1. The van der Waals surface area contributed by atoms with Gasteiger partial charge in [-0.25, -0.2) is 13.2 Å². The van der Waals surface area contributed by atoms with Crippen LogP contribution in [0.1, 0.15) is 13.8 Å². The van der Waals surface area contributed by atoms with Gasteiger partial charge in [-0.15, -0.1) is 4.40 Å². The third-order valence-corrected chi connectivity index (χ3v) is 5.19. The summed E-state index contributed by atoms with van der Waals surface area (Å²) in [5.74, 6) is -1.69. The number of amidine groups is 1. The van der Waals surface area contributed by atoms with Crippen molar-refractivity contribution in [2.45, 2.75) is 19.4 Å². The summed E-state index contributed by atoms with van der Waals surface area (Å²) < 4.78 is 28.4. The lowest BCUT2D eigenvalue weighted by atomic mass is 10.1. The Bertz CT molecular complexity index is 970. The topological polar surface area (TPSA) is 134 Å². The van der Waals surface area contributed by atoms with Gasteiger partial charge in [0.05, 0.1) is 23.2 Å². The Labute approximate surface area is 149 Å². The van der Waals surface area contributed by atoms with E-state index in [4.69, 9.17) is 0 Å². The molecule has 1 amide bonds. The maximum absolute atomic E-state index is 12.6. The van der Waals surface area contributed by atoms with Crippen molar-refractivity contribution in [2.24, 2.45) is 4.40 Å². The van der Waals surface area contributed by atoms with Crippen LogP contribution < -0.4 is 5.32 Å². The molecule has 10 nitrogen and oxygen atoms in total. The number of rotatable bonds is 4. The van der Waals surface area contributed by atoms with E-state index in [2.05, 4.69) is 14.8 Å². The largest absolute Gasteiger partial charge is 0.479 e. The van der Waals surface area contributed by atoms with Crippen LogP contribution in [0.15, 0.2) is 40.7 Å². The molecule has 0 saturated carbocycles. The lowest BCUT2D eigenvalue weighted by Gasteiger charge is -2.28. The van der Waals surface area contributed by atoms with Crippen molar-refractivity contribution in [3.8, 4) is 0 Å². The van der Waals surface area contributed by atoms with Crippen molar-refractivity contribution < 1.29 is 23.1 Å². The zero-order valence-electron chi connectivity index (χ0n) is 14.1. The highest BCUT2D eigenvalue weighted by Gasteiger charge is 2.32. The van der Waals surface area contributed by atoms with Gasteiger partial charge in [-0.2, -0.15) is 5.10 Å². The Kier molecular flexibility index (Phi) is 4.18. The minimum Gasteiger partial charge on any atom is -0.479 e. The number of nitrogens with zero attached hydrogens (tertiary/aromatic N) is 4. The third-order valence-electron chi connectivity index (χ3n) is 4.04. The van der Waals surface area contributed by atoms with Gasteiger partial charge in [-0.3, -0.25) is 9.48 Å². The lowest BCUT2D eigenvalue weighted by molar-refractivity contribution is -0.146. The molecule has 2 aliphatic rings. The quantitative estimate of drug-likeness (QED) is 0.760. The Morgan fingerprint density at radius 2 is 2.08 bits per heavy atom. The fraction of sp³-hybridized carbons (Fsp3) is 0.333. The molecule has 138 valence electrons. The fourth-order valence-electron chi connectivity index (χ4n) is 2.38. The highest BCUT2D eigenvalue weighted by Crippen LogP contribution is 2.21. The number of nitrogens with one attached hydrogen (secondary N) is 1. The van der Waals surface area contributed by atoms with Gasteiger partial charge in [0, 0.05) is 18.9 Å². The Morgan fingerprint density at radius 1 is 1.35 bits per heavy atom. The average molecular weight is 379 g/mol. The molecule has 2 aliphatic heterocycles. The van der Waals surface area contributed by atoms with Crippen molar-refractivity contribution in [3.05, 3.63) is 36.3 Å². The molecule has 0 fully saturated rings. The van der Waals surface area contributed by atoms with E-state index >= 15 is 0 Å². The summed E-state index contributed by atoms with van der Waals surface area (Å²) in [5, 5.41) is 15.8. The molecule has 3 heterocycles. The van der Waals surface area contributed by atoms with Gasteiger partial charge in [0.2, 0.25) is 0 Å². The van der Waals surface area contributed by atoms with Gasteiger partial charge in [-0.1, -0.05) is 0 Å². The van der Waals surface area contributed by atoms with E-state index in [-0.39, 0.29) is 29.4 Å². The molecule has 0 atom stereocenters. The van der Waals surface area contributed by atoms with E-state index in [0.717, 1.165) is 0 Å². The molecule has 26 heavy (non-hydrogen) atoms. The molecule has 0 unspecified atom stereocenters. The predicted molar refractivity (Wildman–Crippen MR) is 93.0 cm³/mol. The predicted octanol–water partition coefficient (Wildman–Crippen LogP) is 0.139. The van der Waals surface area contributed by atoms with Crippen LogP contribution in [0, 0.1) is 0 Å². The number of fused-ring (bicyclic) bond motifs is 1. The van der Waals surface area contributed by atoms with Crippen LogP contribution in [0.5, 0.6) is 0 Å². The Hall–Kier alpha value is -2.95. The van der Waals surface area contributed by atoms with Crippen molar-refractivity contribution in [3.63, 3.8) is 0 Å². The van der Waals surface area contributed by atoms with Gasteiger partial charge >= 0.3 is 5.97 Å². The average Bonchev–Trinajstić information content (AvgIpc) is 3.02. The van der Waals surface area contributed by atoms with Crippen LogP contribution >= 0.6 is 0 Å². The van der Waals surface area contributed by atoms with E-state index in [1.165, 1.54) is 37.0 Å². The molecule has 2 N–H and O–H groups in total. The van der Waals surface area contributed by atoms with Gasteiger partial charge in [-0.05, 0) is 26.0 Å². The van der Waals surface area contributed by atoms with E-state index in [9.17, 15) is 23.1 Å². The smallest absolute Gasteiger partial charge is 0.331 e. The number of aromatic nitrogens is 2. The van der Waals surface area contributed by atoms with Gasteiger partial charge in [0.1, 0.15) is 0 Å². The molecule has 1 aromatic heterocycles. The SMILES string of the molecule is CC(C)(C(=O)O)n1cc(NC(=O)C2=CC=CN3CCS(=O)(=O)N=C23)cn1. The second-order valence-corrected chi connectivity index (χ2v) is 8.06. The van der Waals surface area contributed by atoms with Gasteiger partial charge < -0.3 is 15.3 Å². The zero-order valence-corrected chi connectivity index (χ0v) is 14.9. The van der Waals surface area contributed by atoms with Crippen LogP contribution in [0.25, 0.3) is 0 Å².